The predicted octanol–water partition coefficient (Wildman–Crippen LogP) is 12.0. The van der Waals surface area contributed by atoms with E-state index < -0.39 is 29.5 Å². The molecule has 5 aliphatic rings. The first-order chi connectivity index (χ1) is 35.2. The van der Waals surface area contributed by atoms with Gasteiger partial charge in [-0.05, 0) is 128 Å². The van der Waals surface area contributed by atoms with E-state index in [-0.39, 0.29) is 59.5 Å². The molecule has 12 atom stereocenters. The lowest BCUT2D eigenvalue weighted by Crippen LogP contribution is -2.50. The number of aliphatic hydroxyl groups is 3. The number of rotatable bonds is 18. The van der Waals surface area contributed by atoms with Gasteiger partial charge in [-0.3, -0.25) is 4.79 Å². The Bertz CT molecular complexity index is 2650. The average Bonchev–Trinajstić information content (AvgIpc) is 3.93. The lowest BCUT2D eigenvalue weighted by molar-refractivity contribution is -0.153. The molecule has 0 amide bonds. The molecule has 0 unspecified atom stereocenters. The lowest BCUT2D eigenvalue weighted by atomic mass is 9.62. The molecule has 9 rings (SSSR count). The van der Waals surface area contributed by atoms with Gasteiger partial charge in [0.25, 0.3) is 0 Å². The summed E-state index contributed by atoms with van der Waals surface area (Å²) in [5, 5.41) is 74.3. The lowest BCUT2D eigenvalue weighted by Gasteiger charge is -2.46. The summed E-state index contributed by atoms with van der Waals surface area (Å²) in [6, 6.07) is 23.9. The van der Waals surface area contributed by atoms with Crippen LogP contribution in [0.3, 0.4) is 0 Å². The maximum atomic E-state index is 13.6. The molecule has 2 bridgehead atoms. The molecule has 390 valence electrons. The number of dihydropyridines is 1. The minimum Gasteiger partial charge on any atom is -0.508 e. The number of fused-ring (bicyclic) bond motifs is 1. The van der Waals surface area contributed by atoms with Crippen LogP contribution < -0.4 is 11.1 Å². The highest BCUT2D eigenvalue weighted by Crippen LogP contribution is 2.60. The van der Waals surface area contributed by atoms with Crippen LogP contribution in [0.2, 0.25) is 0 Å². The smallest absolute Gasteiger partial charge is 0.309 e. The third-order valence-electron chi connectivity index (χ3n) is 17.9. The van der Waals surface area contributed by atoms with Crippen molar-refractivity contribution in [2.45, 2.75) is 147 Å². The number of aliphatic hydroxyl groups excluding tert-OH is 2. The Morgan fingerprint density at radius 2 is 1.62 bits per heavy atom. The standard InChI is InChI=1S/C63H81N3O7/c1-4-5-7-12-39-19-22-44(56(68)31-39)15-10-11-16-45-23-25-49(54-33-47(29-41-27-28-65-58(64)32-41)53-26-24-46(37-63(53,54)73)61(70)59(45)62(71)72)55-36-50(43-13-8-6-9-14-43)60(66-55)52-34-48(67)35-57(69)51(52)30-40-17-20-42(21-18-40)38(2)3/h6,8-9,13-14,17-22,24,26-27,32,34-36,38-39,44-47,49,53-54,56,59,61,65-70,73H,4-5,7,10-12,15-16,23,25,28-31,33,37,64H2,1-3H3,(H,71,72)/t39-,44-,45+,46+,47-,49-,53+,54-,56-,59+,61+,63-/m1/s1. The summed E-state index contributed by atoms with van der Waals surface area (Å²) in [4.78, 5) is 17.5. The molecule has 10 heteroatoms. The Kier molecular flexibility index (Phi) is 16.4. The van der Waals surface area contributed by atoms with Gasteiger partial charge in [0.1, 0.15) is 11.5 Å². The van der Waals surface area contributed by atoms with E-state index in [1.165, 1.54) is 30.9 Å². The Morgan fingerprint density at radius 1 is 0.849 bits per heavy atom. The van der Waals surface area contributed by atoms with Crippen molar-refractivity contribution >= 4 is 5.97 Å². The second-order valence-corrected chi connectivity index (χ2v) is 23.0. The highest BCUT2D eigenvalue weighted by molar-refractivity contribution is 5.85. The summed E-state index contributed by atoms with van der Waals surface area (Å²) in [5.41, 5.74) is 13.3. The van der Waals surface area contributed by atoms with Gasteiger partial charge in [0.2, 0.25) is 0 Å². The van der Waals surface area contributed by atoms with Gasteiger partial charge in [-0.25, -0.2) is 0 Å². The third-order valence-corrected chi connectivity index (χ3v) is 17.9. The zero-order valence-corrected chi connectivity index (χ0v) is 43.3. The number of phenolic OH excluding ortho intramolecular Hbond substituents is 2. The minimum atomic E-state index is -1.26. The van der Waals surface area contributed by atoms with E-state index in [0.717, 1.165) is 72.2 Å². The fourth-order valence-corrected chi connectivity index (χ4v) is 14.0. The fraction of sp³-hybridized carbons (Fsp3) is 0.508. The number of carbonyl (C=O) groups is 1. The molecule has 2 fully saturated rings. The van der Waals surface area contributed by atoms with Gasteiger partial charge in [-0.2, -0.15) is 0 Å². The van der Waals surface area contributed by atoms with Crippen LogP contribution in [0.15, 0.2) is 121 Å². The Hall–Kier alpha value is -5.55. The van der Waals surface area contributed by atoms with Gasteiger partial charge in [0.05, 0.1) is 35.2 Å². The van der Waals surface area contributed by atoms with E-state index in [4.69, 9.17) is 5.73 Å². The van der Waals surface area contributed by atoms with E-state index in [9.17, 15) is 35.4 Å². The van der Waals surface area contributed by atoms with Crippen LogP contribution in [-0.2, 0) is 11.2 Å². The second-order valence-electron chi connectivity index (χ2n) is 23.0. The van der Waals surface area contributed by atoms with Crippen LogP contribution in [0.1, 0.15) is 145 Å². The normalized spacial score (nSPS) is 29.9. The summed E-state index contributed by atoms with van der Waals surface area (Å²) in [6.45, 7) is 7.18. The Balaban J connectivity index is 1.10. The van der Waals surface area contributed by atoms with E-state index in [1.807, 2.05) is 30.4 Å². The van der Waals surface area contributed by atoms with E-state index in [2.05, 4.69) is 97.8 Å². The highest BCUT2D eigenvalue weighted by atomic mass is 16.4. The molecule has 4 aromatic rings. The molecule has 73 heavy (non-hydrogen) atoms. The van der Waals surface area contributed by atoms with Crippen LogP contribution >= 0.6 is 0 Å². The van der Waals surface area contributed by atoms with Gasteiger partial charge in [0, 0.05) is 65.1 Å². The summed E-state index contributed by atoms with van der Waals surface area (Å²) in [5.74, 6) is -2.19. The van der Waals surface area contributed by atoms with Gasteiger partial charge < -0.3 is 46.7 Å². The SMILES string of the molecule is CCCCC[C@@H]1C=C[C@@H](CCCC[C@H]2CC[C@@H](c3cc(-c4ccccc4)c(-c4cc(O)cc(O)c4Cc4ccc(C(C)C)cc4)[nH]3)[C@H]3C[C@@H](CC4=CCNC(N)=C4)[C@@H]4C=C[C@@H](C[C@]34O)[C@H](O)[C@H]2C(=O)O)[C@H](O)C1. The van der Waals surface area contributed by atoms with Gasteiger partial charge >= 0.3 is 5.97 Å². The molecule has 0 saturated heterocycles. The number of nitrogens with two attached hydrogens (primary N) is 1. The summed E-state index contributed by atoms with van der Waals surface area (Å²) in [7, 11) is 0. The van der Waals surface area contributed by atoms with Crippen LogP contribution in [0, 0.1) is 47.3 Å². The van der Waals surface area contributed by atoms with Crippen LogP contribution in [0.5, 0.6) is 11.5 Å². The zero-order chi connectivity index (χ0) is 51.4. The molecule has 1 aromatic heterocycles. The number of nitrogens with one attached hydrogen (secondary N) is 2. The maximum Gasteiger partial charge on any atom is 0.309 e. The van der Waals surface area contributed by atoms with Crippen molar-refractivity contribution in [3.63, 3.8) is 0 Å². The number of aromatic hydroxyl groups is 2. The number of H-pyrrole nitrogens is 1. The topological polar surface area (TPSA) is 192 Å². The second kappa shape index (κ2) is 22.9. The molecule has 0 radical (unpaired) electrons. The van der Waals surface area contributed by atoms with Gasteiger partial charge in [0.15, 0.2) is 0 Å². The number of aromatic nitrogens is 1. The van der Waals surface area contributed by atoms with Crippen molar-refractivity contribution in [3.8, 4) is 33.9 Å². The minimum absolute atomic E-state index is 0.00347. The Morgan fingerprint density at radius 3 is 2.34 bits per heavy atom. The summed E-state index contributed by atoms with van der Waals surface area (Å²) >= 11 is 0. The van der Waals surface area contributed by atoms with Crippen LogP contribution in [0.25, 0.3) is 22.4 Å². The average molecular weight is 992 g/mol. The molecular formula is C63H81N3O7. The molecule has 2 saturated carbocycles. The fourth-order valence-electron chi connectivity index (χ4n) is 14.0. The number of carboxylic acid groups (broad SMARTS) is 1. The number of allylic oxidation sites excluding steroid dienone is 3. The largest absolute Gasteiger partial charge is 0.508 e. The number of phenols is 2. The maximum absolute atomic E-state index is 13.6. The molecule has 4 aliphatic carbocycles. The first-order valence-electron chi connectivity index (χ1n) is 27.7. The van der Waals surface area contributed by atoms with Gasteiger partial charge in [-0.15, -0.1) is 0 Å². The quantitative estimate of drug-likeness (QED) is 0.0345. The van der Waals surface area contributed by atoms with Crippen molar-refractivity contribution in [1.82, 2.24) is 10.3 Å². The zero-order valence-electron chi connectivity index (χ0n) is 43.3. The van der Waals surface area contributed by atoms with Crippen molar-refractivity contribution in [1.29, 1.82) is 0 Å². The molecule has 0 spiro atoms. The molecule has 2 heterocycles. The number of aliphatic carboxylic acids is 1. The molecule has 3 aromatic carbocycles. The van der Waals surface area contributed by atoms with Crippen LogP contribution in [-0.4, -0.2) is 65.9 Å². The predicted molar refractivity (Wildman–Crippen MR) is 291 cm³/mol. The van der Waals surface area contributed by atoms with Crippen molar-refractivity contribution in [2.24, 2.45) is 53.1 Å². The van der Waals surface area contributed by atoms with Crippen LogP contribution in [0.4, 0.5) is 0 Å². The Labute approximate surface area is 433 Å². The highest BCUT2D eigenvalue weighted by Gasteiger charge is 2.59. The molecule has 10 N–H and O–H groups in total. The third kappa shape index (κ3) is 11.6. The first-order valence-corrected chi connectivity index (χ1v) is 27.7. The molecular weight excluding hydrogens is 911 g/mol. The number of unbranched alkanes of at least 4 members (excludes halogenated alkanes) is 3. The monoisotopic (exact) mass is 992 g/mol. The van der Waals surface area contributed by atoms with E-state index >= 15 is 0 Å². The van der Waals surface area contributed by atoms with Gasteiger partial charge in [-0.1, -0.05) is 138 Å². The molecule has 10 nitrogen and oxygen atoms in total. The summed E-state index contributed by atoms with van der Waals surface area (Å²) < 4.78 is 0. The first kappa shape index (κ1) is 52.3. The number of hydrogen-bond acceptors (Lipinski definition) is 8. The number of carboxylic acids is 1. The van der Waals surface area contributed by atoms with Crippen molar-refractivity contribution in [2.75, 3.05) is 6.54 Å². The van der Waals surface area contributed by atoms with E-state index in [0.29, 0.717) is 67.4 Å². The summed E-state index contributed by atoms with van der Waals surface area (Å²) in [6.07, 6.45) is 22.9. The number of hydrogen-bond donors (Lipinski definition) is 9. The molecule has 1 aliphatic heterocycles. The van der Waals surface area contributed by atoms with Crippen molar-refractivity contribution in [3.05, 3.63) is 143 Å². The number of benzene rings is 3. The van der Waals surface area contributed by atoms with E-state index in [1.54, 1.807) is 6.07 Å². The number of aromatic amines is 1. The van der Waals surface area contributed by atoms with Crippen molar-refractivity contribution < 1.29 is 35.4 Å².